The number of H-pyrrole nitrogens is 1. The maximum absolute atomic E-state index is 13.0. The molecule has 0 fully saturated rings. The second-order valence-corrected chi connectivity index (χ2v) is 4.24. The molecule has 0 aliphatic rings. The van der Waals surface area contributed by atoms with Gasteiger partial charge in [0.05, 0.1) is 12.3 Å². The molecule has 2 heterocycles. The van der Waals surface area contributed by atoms with Crippen molar-refractivity contribution in [1.29, 1.82) is 0 Å². The summed E-state index contributed by atoms with van der Waals surface area (Å²) in [6.45, 7) is 3.61. The van der Waals surface area contributed by atoms with Gasteiger partial charge in [-0.1, -0.05) is 0 Å². The van der Waals surface area contributed by atoms with Crippen LogP contribution in [0.5, 0.6) is 0 Å². The molecule has 0 bridgehead atoms. The summed E-state index contributed by atoms with van der Waals surface area (Å²) in [4.78, 5) is 30.1. The Morgan fingerprint density at radius 2 is 2.24 bits per heavy atom. The van der Waals surface area contributed by atoms with Crippen molar-refractivity contribution in [2.45, 2.75) is 13.8 Å². The SMILES string of the molecule is CCOC(=O)c1c(NC(=O)c2ccnc(F)c2)c[nH]c1C. The van der Waals surface area contributed by atoms with E-state index in [-0.39, 0.29) is 23.4 Å². The normalized spacial score (nSPS) is 10.2. The first-order chi connectivity index (χ1) is 10.0. The summed E-state index contributed by atoms with van der Waals surface area (Å²) in [7, 11) is 0. The van der Waals surface area contributed by atoms with E-state index in [1.54, 1.807) is 13.8 Å². The van der Waals surface area contributed by atoms with Crippen LogP contribution in [0.4, 0.5) is 10.1 Å². The first-order valence-corrected chi connectivity index (χ1v) is 6.31. The molecule has 110 valence electrons. The van der Waals surface area contributed by atoms with E-state index in [4.69, 9.17) is 4.74 Å². The lowest BCUT2D eigenvalue weighted by molar-refractivity contribution is 0.0527. The minimum Gasteiger partial charge on any atom is -0.462 e. The minimum absolute atomic E-state index is 0.108. The highest BCUT2D eigenvalue weighted by atomic mass is 19.1. The topological polar surface area (TPSA) is 84.1 Å². The highest BCUT2D eigenvalue weighted by Gasteiger charge is 2.19. The van der Waals surface area contributed by atoms with Crippen LogP contribution in [0.1, 0.15) is 33.3 Å². The lowest BCUT2D eigenvalue weighted by Gasteiger charge is -2.07. The van der Waals surface area contributed by atoms with Gasteiger partial charge in [-0.05, 0) is 19.9 Å². The average molecular weight is 291 g/mol. The number of aromatic amines is 1. The summed E-state index contributed by atoms with van der Waals surface area (Å²) in [6.07, 6.45) is 2.68. The van der Waals surface area contributed by atoms with Crippen LogP contribution in [0.15, 0.2) is 24.5 Å². The molecule has 0 saturated carbocycles. The van der Waals surface area contributed by atoms with Gasteiger partial charge in [-0.15, -0.1) is 0 Å². The smallest absolute Gasteiger partial charge is 0.342 e. The molecular formula is C14H14FN3O3. The zero-order valence-electron chi connectivity index (χ0n) is 11.6. The lowest BCUT2D eigenvalue weighted by atomic mass is 10.2. The fraction of sp³-hybridized carbons (Fsp3) is 0.214. The van der Waals surface area contributed by atoms with E-state index >= 15 is 0 Å². The van der Waals surface area contributed by atoms with Crippen LogP contribution in [0, 0.1) is 12.9 Å². The average Bonchev–Trinajstić information content (AvgIpc) is 2.80. The van der Waals surface area contributed by atoms with Gasteiger partial charge in [0.1, 0.15) is 5.56 Å². The minimum atomic E-state index is -0.751. The molecule has 0 spiro atoms. The number of halogens is 1. The third-order valence-electron chi connectivity index (χ3n) is 2.79. The number of ether oxygens (including phenoxy) is 1. The van der Waals surface area contributed by atoms with E-state index in [9.17, 15) is 14.0 Å². The summed E-state index contributed by atoms with van der Waals surface area (Å²) in [5.41, 5.74) is 1.22. The number of hydrogen-bond donors (Lipinski definition) is 2. The van der Waals surface area contributed by atoms with Gasteiger partial charge in [0.2, 0.25) is 5.95 Å². The number of amides is 1. The number of rotatable bonds is 4. The molecule has 1 amide bonds. The van der Waals surface area contributed by atoms with Gasteiger partial charge in [-0.25, -0.2) is 9.78 Å². The summed E-state index contributed by atoms with van der Waals surface area (Å²) < 4.78 is 17.9. The molecule has 7 heteroatoms. The number of aryl methyl sites for hydroxylation is 1. The molecule has 2 rings (SSSR count). The molecule has 0 radical (unpaired) electrons. The molecule has 0 saturated heterocycles. The molecule has 2 aromatic rings. The molecule has 0 aromatic carbocycles. The maximum atomic E-state index is 13.0. The number of pyridine rings is 1. The fourth-order valence-electron chi connectivity index (χ4n) is 1.83. The van der Waals surface area contributed by atoms with Crippen molar-refractivity contribution < 1.29 is 18.7 Å². The van der Waals surface area contributed by atoms with Gasteiger partial charge in [0.25, 0.3) is 5.91 Å². The van der Waals surface area contributed by atoms with Gasteiger partial charge < -0.3 is 15.0 Å². The van der Waals surface area contributed by atoms with Crippen molar-refractivity contribution >= 4 is 17.6 Å². The Hall–Kier alpha value is -2.70. The molecule has 6 nitrogen and oxygen atoms in total. The first-order valence-electron chi connectivity index (χ1n) is 6.31. The van der Waals surface area contributed by atoms with Crippen LogP contribution in [0.25, 0.3) is 0 Å². The van der Waals surface area contributed by atoms with Crippen LogP contribution in [-0.4, -0.2) is 28.5 Å². The Labute approximate surface area is 120 Å². The summed E-state index contributed by atoms with van der Waals surface area (Å²) in [5, 5.41) is 2.55. The number of carbonyl (C=O) groups is 2. The Morgan fingerprint density at radius 1 is 1.48 bits per heavy atom. The maximum Gasteiger partial charge on any atom is 0.342 e. The molecule has 0 unspecified atom stereocenters. The van der Waals surface area contributed by atoms with Crippen molar-refractivity contribution in [3.05, 3.63) is 47.3 Å². The Morgan fingerprint density at radius 3 is 2.90 bits per heavy atom. The van der Waals surface area contributed by atoms with Gasteiger partial charge in [0.15, 0.2) is 0 Å². The molecule has 2 aromatic heterocycles. The summed E-state index contributed by atoms with van der Waals surface area (Å²) >= 11 is 0. The van der Waals surface area contributed by atoms with E-state index in [1.165, 1.54) is 18.5 Å². The van der Waals surface area contributed by atoms with Gasteiger partial charge >= 0.3 is 5.97 Å². The van der Waals surface area contributed by atoms with E-state index < -0.39 is 17.8 Å². The molecule has 2 N–H and O–H groups in total. The predicted molar refractivity (Wildman–Crippen MR) is 73.6 cm³/mol. The largest absolute Gasteiger partial charge is 0.462 e. The van der Waals surface area contributed by atoms with Crippen LogP contribution in [0.2, 0.25) is 0 Å². The first kappa shape index (κ1) is 14.7. The van der Waals surface area contributed by atoms with Crippen LogP contribution >= 0.6 is 0 Å². The number of nitrogens with zero attached hydrogens (tertiary/aromatic N) is 1. The number of esters is 1. The second kappa shape index (κ2) is 6.17. The molecule has 0 aliphatic heterocycles. The van der Waals surface area contributed by atoms with E-state index in [2.05, 4.69) is 15.3 Å². The Balaban J connectivity index is 2.24. The standard InChI is InChI=1S/C14H14FN3O3/c1-3-21-14(20)12-8(2)17-7-10(12)18-13(19)9-4-5-16-11(15)6-9/h4-7,17H,3H2,1-2H3,(H,18,19). The van der Waals surface area contributed by atoms with Crippen LogP contribution in [-0.2, 0) is 4.74 Å². The predicted octanol–water partition coefficient (Wildman–Crippen LogP) is 2.29. The van der Waals surface area contributed by atoms with Gasteiger partial charge in [-0.3, -0.25) is 4.79 Å². The van der Waals surface area contributed by atoms with Gasteiger partial charge in [0, 0.05) is 29.7 Å². The van der Waals surface area contributed by atoms with Crippen molar-refractivity contribution in [3.8, 4) is 0 Å². The zero-order chi connectivity index (χ0) is 15.4. The molecule has 0 aliphatic carbocycles. The highest BCUT2D eigenvalue weighted by molar-refractivity contribution is 6.08. The van der Waals surface area contributed by atoms with Gasteiger partial charge in [-0.2, -0.15) is 4.39 Å². The summed E-state index contributed by atoms with van der Waals surface area (Å²) in [6, 6.07) is 2.39. The zero-order valence-corrected chi connectivity index (χ0v) is 11.6. The van der Waals surface area contributed by atoms with Crippen molar-refractivity contribution in [1.82, 2.24) is 9.97 Å². The van der Waals surface area contributed by atoms with Crippen LogP contribution in [0.3, 0.4) is 0 Å². The second-order valence-electron chi connectivity index (χ2n) is 4.24. The number of hydrogen-bond acceptors (Lipinski definition) is 4. The van der Waals surface area contributed by atoms with E-state index in [0.29, 0.717) is 5.69 Å². The number of anilines is 1. The van der Waals surface area contributed by atoms with Crippen molar-refractivity contribution in [2.24, 2.45) is 0 Å². The van der Waals surface area contributed by atoms with Crippen molar-refractivity contribution in [2.75, 3.05) is 11.9 Å². The summed E-state index contributed by atoms with van der Waals surface area (Å²) in [5.74, 6) is -1.83. The van der Waals surface area contributed by atoms with Crippen LogP contribution < -0.4 is 5.32 Å². The molecular weight excluding hydrogens is 277 g/mol. The third-order valence-corrected chi connectivity index (χ3v) is 2.79. The quantitative estimate of drug-likeness (QED) is 0.668. The molecule has 21 heavy (non-hydrogen) atoms. The fourth-order valence-corrected chi connectivity index (χ4v) is 1.83. The Bertz CT molecular complexity index is 682. The van der Waals surface area contributed by atoms with E-state index in [0.717, 1.165) is 6.07 Å². The lowest BCUT2D eigenvalue weighted by Crippen LogP contribution is -2.15. The van der Waals surface area contributed by atoms with E-state index in [1.807, 2.05) is 0 Å². The van der Waals surface area contributed by atoms with Crippen molar-refractivity contribution in [3.63, 3.8) is 0 Å². The number of nitrogens with one attached hydrogen (secondary N) is 2. The number of carbonyl (C=O) groups excluding carboxylic acids is 2. The monoisotopic (exact) mass is 291 g/mol. The third kappa shape index (κ3) is 3.25. The highest BCUT2D eigenvalue weighted by Crippen LogP contribution is 2.21. The Kier molecular flexibility index (Phi) is 4.32. The molecule has 0 atom stereocenters. The number of aromatic nitrogens is 2.